The first-order valence-electron chi connectivity index (χ1n) is 4.48. The highest BCUT2D eigenvalue weighted by atomic mass is 19.1. The number of hydrogen-bond acceptors (Lipinski definition) is 3. The maximum Gasteiger partial charge on any atom is 0.123 e. The summed E-state index contributed by atoms with van der Waals surface area (Å²) in [6.45, 7) is -0.180. The Balaban J connectivity index is 2.49. The summed E-state index contributed by atoms with van der Waals surface area (Å²) in [6.07, 6.45) is 3.05. The molecule has 1 N–H and O–H groups in total. The molecule has 1 heterocycles. The van der Waals surface area contributed by atoms with Gasteiger partial charge >= 0.3 is 0 Å². The summed E-state index contributed by atoms with van der Waals surface area (Å²) in [6, 6.07) is 5.92. The maximum absolute atomic E-state index is 12.7. The lowest BCUT2D eigenvalue weighted by Crippen LogP contribution is -1.96. The van der Waals surface area contributed by atoms with Gasteiger partial charge in [-0.1, -0.05) is 0 Å². The van der Waals surface area contributed by atoms with E-state index in [2.05, 4.69) is 9.97 Å². The van der Waals surface area contributed by atoms with Crippen LogP contribution in [0.3, 0.4) is 0 Å². The second-order valence-corrected chi connectivity index (χ2v) is 3.02. The van der Waals surface area contributed by atoms with E-state index in [0.717, 1.165) is 5.56 Å². The van der Waals surface area contributed by atoms with Gasteiger partial charge in [0.1, 0.15) is 5.82 Å². The Labute approximate surface area is 86.3 Å². The smallest absolute Gasteiger partial charge is 0.123 e. The average Bonchev–Trinajstić information content (AvgIpc) is 2.30. The van der Waals surface area contributed by atoms with Crippen LogP contribution in [0.2, 0.25) is 0 Å². The molecular formula is C11H9FN2O. The van der Waals surface area contributed by atoms with E-state index in [4.69, 9.17) is 5.11 Å². The number of nitrogens with zero attached hydrogens (tertiary/aromatic N) is 2. The maximum atomic E-state index is 12.7. The van der Waals surface area contributed by atoms with Crippen LogP contribution in [0.4, 0.5) is 4.39 Å². The molecule has 0 bridgehead atoms. The van der Waals surface area contributed by atoms with Gasteiger partial charge in [0.15, 0.2) is 0 Å². The second kappa shape index (κ2) is 4.14. The van der Waals surface area contributed by atoms with E-state index in [1.165, 1.54) is 24.5 Å². The van der Waals surface area contributed by atoms with Crippen LogP contribution in [0.25, 0.3) is 11.3 Å². The van der Waals surface area contributed by atoms with Crippen molar-refractivity contribution in [1.29, 1.82) is 0 Å². The molecule has 0 spiro atoms. The van der Waals surface area contributed by atoms with Gasteiger partial charge in [-0.05, 0) is 24.3 Å². The fourth-order valence-corrected chi connectivity index (χ4v) is 1.33. The molecule has 0 radical (unpaired) electrons. The second-order valence-electron chi connectivity index (χ2n) is 3.02. The van der Waals surface area contributed by atoms with Crippen LogP contribution in [0.1, 0.15) is 5.69 Å². The Hall–Kier alpha value is -1.81. The molecule has 4 heteroatoms. The molecule has 0 fully saturated rings. The van der Waals surface area contributed by atoms with Crippen LogP contribution in [0.5, 0.6) is 0 Å². The van der Waals surface area contributed by atoms with Gasteiger partial charge in [0.2, 0.25) is 0 Å². The molecule has 0 aliphatic rings. The highest BCUT2D eigenvalue weighted by Gasteiger charge is 2.06. The van der Waals surface area contributed by atoms with Crippen molar-refractivity contribution in [2.24, 2.45) is 0 Å². The fraction of sp³-hybridized carbons (Fsp3) is 0.0909. The molecule has 1 aromatic carbocycles. The van der Waals surface area contributed by atoms with Crippen molar-refractivity contribution in [2.45, 2.75) is 6.61 Å². The van der Waals surface area contributed by atoms with Gasteiger partial charge in [0.05, 0.1) is 18.0 Å². The van der Waals surface area contributed by atoms with Gasteiger partial charge in [-0.3, -0.25) is 9.97 Å². The molecule has 0 amide bonds. The van der Waals surface area contributed by atoms with E-state index in [-0.39, 0.29) is 12.4 Å². The minimum absolute atomic E-state index is 0.180. The molecule has 0 saturated heterocycles. The number of aliphatic hydroxyl groups excluding tert-OH is 1. The Morgan fingerprint density at radius 1 is 1.07 bits per heavy atom. The monoisotopic (exact) mass is 204 g/mol. The molecule has 1 aromatic heterocycles. The van der Waals surface area contributed by atoms with Crippen molar-refractivity contribution >= 4 is 0 Å². The number of rotatable bonds is 2. The van der Waals surface area contributed by atoms with Crippen molar-refractivity contribution in [3.8, 4) is 11.3 Å². The van der Waals surface area contributed by atoms with E-state index in [1.807, 2.05) is 0 Å². The SMILES string of the molecule is OCc1nccnc1-c1ccc(F)cc1. The Bertz CT molecular complexity index is 456. The predicted octanol–water partition coefficient (Wildman–Crippen LogP) is 1.77. The van der Waals surface area contributed by atoms with Gasteiger partial charge < -0.3 is 5.11 Å². The first-order valence-corrected chi connectivity index (χ1v) is 4.48. The fourth-order valence-electron chi connectivity index (χ4n) is 1.33. The number of aromatic nitrogens is 2. The summed E-state index contributed by atoms with van der Waals surface area (Å²) >= 11 is 0. The lowest BCUT2D eigenvalue weighted by molar-refractivity contribution is 0.277. The average molecular weight is 204 g/mol. The minimum atomic E-state index is -0.298. The van der Waals surface area contributed by atoms with E-state index < -0.39 is 0 Å². The quantitative estimate of drug-likeness (QED) is 0.810. The van der Waals surface area contributed by atoms with Crippen LogP contribution in [-0.2, 0) is 6.61 Å². The molecule has 76 valence electrons. The normalized spacial score (nSPS) is 10.3. The third kappa shape index (κ3) is 1.99. The molecule has 3 nitrogen and oxygen atoms in total. The highest BCUT2D eigenvalue weighted by molar-refractivity contribution is 5.60. The number of hydrogen-bond donors (Lipinski definition) is 1. The summed E-state index contributed by atoms with van der Waals surface area (Å²) < 4.78 is 12.7. The van der Waals surface area contributed by atoms with E-state index in [9.17, 15) is 4.39 Å². The van der Waals surface area contributed by atoms with Crippen LogP contribution in [0, 0.1) is 5.82 Å². The first kappa shape index (κ1) is 9.73. The molecule has 0 aliphatic heterocycles. The summed E-state index contributed by atoms with van der Waals surface area (Å²) in [7, 11) is 0. The number of aliphatic hydroxyl groups is 1. The zero-order valence-corrected chi connectivity index (χ0v) is 7.89. The predicted molar refractivity (Wildman–Crippen MR) is 53.3 cm³/mol. The summed E-state index contributed by atoms with van der Waals surface area (Å²) in [5.41, 5.74) is 1.82. The largest absolute Gasteiger partial charge is 0.390 e. The minimum Gasteiger partial charge on any atom is -0.390 e. The van der Waals surface area contributed by atoms with E-state index in [0.29, 0.717) is 11.4 Å². The van der Waals surface area contributed by atoms with Gasteiger partial charge in [0, 0.05) is 18.0 Å². The molecule has 2 aromatic rings. The zero-order chi connectivity index (χ0) is 10.7. The van der Waals surface area contributed by atoms with Crippen LogP contribution in [0.15, 0.2) is 36.7 Å². The van der Waals surface area contributed by atoms with Crippen molar-refractivity contribution in [1.82, 2.24) is 9.97 Å². The summed E-state index contributed by atoms with van der Waals surface area (Å²) in [5, 5.41) is 9.06. The highest BCUT2D eigenvalue weighted by Crippen LogP contribution is 2.19. The summed E-state index contributed by atoms with van der Waals surface area (Å²) in [5.74, 6) is -0.298. The topological polar surface area (TPSA) is 46.0 Å². The number of halogens is 1. The Kier molecular flexibility index (Phi) is 2.69. The zero-order valence-electron chi connectivity index (χ0n) is 7.89. The number of benzene rings is 1. The molecule has 15 heavy (non-hydrogen) atoms. The van der Waals surface area contributed by atoms with Gasteiger partial charge in [-0.2, -0.15) is 0 Å². The third-order valence-corrected chi connectivity index (χ3v) is 2.04. The van der Waals surface area contributed by atoms with Crippen molar-refractivity contribution in [2.75, 3.05) is 0 Å². The molecular weight excluding hydrogens is 195 g/mol. The molecule has 0 saturated carbocycles. The van der Waals surface area contributed by atoms with Gasteiger partial charge in [-0.15, -0.1) is 0 Å². The molecule has 0 unspecified atom stereocenters. The lowest BCUT2D eigenvalue weighted by Gasteiger charge is -2.04. The molecule has 0 atom stereocenters. The Morgan fingerprint density at radius 3 is 2.40 bits per heavy atom. The van der Waals surface area contributed by atoms with Gasteiger partial charge in [0.25, 0.3) is 0 Å². The van der Waals surface area contributed by atoms with Crippen molar-refractivity contribution in [3.63, 3.8) is 0 Å². The standard InChI is InChI=1S/C11H9FN2O/c12-9-3-1-8(2-4-9)11-10(7-15)13-5-6-14-11/h1-6,15H,7H2. The van der Waals surface area contributed by atoms with Gasteiger partial charge in [-0.25, -0.2) is 4.39 Å². The molecule has 2 rings (SSSR count). The van der Waals surface area contributed by atoms with E-state index in [1.54, 1.807) is 12.1 Å². The van der Waals surface area contributed by atoms with Crippen LogP contribution >= 0.6 is 0 Å². The Morgan fingerprint density at radius 2 is 1.73 bits per heavy atom. The lowest BCUT2D eigenvalue weighted by atomic mass is 10.1. The van der Waals surface area contributed by atoms with Crippen LogP contribution in [-0.4, -0.2) is 15.1 Å². The van der Waals surface area contributed by atoms with Crippen LogP contribution < -0.4 is 0 Å². The van der Waals surface area contributed by atoms with E-state index >= 15 is 0 Å². The van der Waals surface area contributed by atoms with Crippen molar-refractivity contribution in [3.05, 3.63) is 48.2 Å². The van der Waals surface area contributed by atoms with Crippen molar-refractivity contribution < 1.29 is 9.50 Å². The molecule has 0 aliphatic carbocycles. The third-order valence-electron chi connectivity index (χ3n) is 2.04. The summed E-state index contributed by atoms with van der Waals surface area (Å²) in [4.78, 5) is 8.09. The first-order chi connectivity index (χ1) is 7.31.